The van der Waals surface area contributed by atoms with Crippen LogP contribution in [0.1, 0.15) is 22.4 Å². The number of amides is 1. The molecule has 138 valence electrons. The number of hydrogen-bond donors (Lipinski definition) is 2. The van der Waals surface area contributed by atoms with Crippen LogP contribution in [0.4, 0.5) is 5.69 Å². The summed E-state index contributed by atoms with van der Waals surface area (Å²) in [6.07, 6.45) is 0.742. The molecular weight excluding hydrogens is 338 g/mol. The zero-order valence-corrected chi connectivity index (χ0v) is 15.6. The molecule has 1 aromatic heterocycles. The van der Waals surface area contributed by atoms with Crippen LogP contribution in [0.3, 0.4) is 0 Å². The second kappa shape index (κ2) is 7.00. The normalized spacial score (nSPS) is 14.1. The highest BCUT2D eigenvalue weighted by Gasteiger charge is 2.22. The largest absolute Gasteiger partial charge is 0.358 e. The number of fused-ring (bicyclic) bond motifs is 2. The van der Waals surface area contributed by atoms with Gasteiger partial charge in [0.2, 0.25) is 5.91 Å². The van der Waals surface area contributed by atoms with E-state index >= 15 is 0 Å². The number of benzene rings is 2. The van der Waals surface area contributed by atoms with E-state index in [1.165, 1.54) is 0 Å². The van der Waals surface area contributed by atoms with Crippen molar-refractivity contribution in [2.75, 3.05) is 18.4 Å². The molecule has 5 heteroatoms. The summed E-state index contributed by atoms with van der Waals surface area (Å²) in [6.45, 7) is 5.51. The van der Waals surface area contributed by atoms with Crippen molar-refractivity contribution in [2.24, 2.45) is 0 Å². The fourth-order valence-corrected chi connectivity index (χ4v) is 3.68. The van der Waals surface area contributed by atoms with Crippen molar-refractivity contribution in [1.82, 2.24) is 9.88 Å². The maximum Gasteiger partial charge on any atom is 0.238 e. The van der Waals surface area contributed by atoms with Crippen LogP contribution in [0.15, 0.2) is 47.3 Å². The fraction of sp³-hybridized carbons (Fsp3) is 0.273. The van der Waals surface area contributed by atoms with Gasteiger partial charge in [-0.1, -0.05) is 24.3 Å². The quantitative estimate of drug-likeness (QED) is 0.753. The van der Waals surface area contributed by atoms with Crippen molar-refractivity contribution in [3.63, 3.8) is 0 Å². The van der Waals surface area contributed by atoms with Gasteiger partial charge in [0.25, 0.3) is 0 Å². The van der Waals surface area contributed by atoms with Crippen LogP contribution in [-0.4, -0.2) is 28.9 Å². The van der Waals surface area contributed by atoms with Crippen LogP contribution < -0.4 is 10.7 Å². The smallest absolute Gasteiger partial charge is 0.238 e. The maximum absolute atomic E-state index is 12.8. The van der Waals surface area contributed by atoms with Crippen LogP contribution in [0.5, 0.6) is 0 Å². The molecule has 0 atom stereocenters. The van der Waals surface area contributed by atoms with Gasteiger partial charge in [-0.3, -0.25) is 14.5 Å². The number of hydrogen-bond acceptors (Lipinski definition) is 3. The number of carbonyl (C=O) groups is 1. The molecule has 0 unspecified atom stereocenters. The summed E-state index contributed by atoms with van der Waals surface area (Å²) in [6, 6.07) is 13.6. The Kier molecular flexibility index (Phi) is 4.54. The van der Waals surface area contributed by atoms with Gasteiger partial charge in [0, 0.05) is 47.4 Å². The summed E-state index contributed by atoms with van der Waals surface area (Å²) in [5.74, 6) is -0.0515. The Bertz CT molecular complexity index is 1080. The Balaban J connectivity index is 1.51. The molecule has 2 N–H and O–H groups in total. The number of rotatable bonds is 3. The molecule has 2 heterocycles. The van der Waals surface area contributed by atoms with Crippen LogP contribution in [0, 0.1) is 13.8 Å². The number of aryl methyl sites for hydroxylation is 2. The van der Waals surface area contributed by atoms with Gasteiger partial charge >= 0.3 is 0 Å². The molecular formula is C22H23N3O2. The molecule has 1 amide bonds. The van der Waals surface area contributed by atoms with Crippen LogP contribution >= 0.6 is 0 Å². The summed E-state index contributed by atoms with van der Waals surface area (Å²) in [7, 11) is 0. The average Bonchev–Trinajstić information content (AvgIpc) is 2.65. The van der Waals surface area contributed by atoms with Crippen LogP contribution in [0.25, 0.3) is 10.9 Å². The second-order valence-electron chi connectivity index (χ2n) is 7.28. The summed E-state index contributed by atoms with van der Waals surface area (Å²) >= 11 is 0. The van der Waals surface area contributed by atoms with E-state index in [1.54, 1.807) is 0 Å². The number of aromatic amines is 1. The van der Waals surface area contributed by atoms with Crippen molar-refractivity contribution < 1.29 is 4.79 Å². The van der Waals surface area contributed by atoms with Gasteiger partial charge in [-0.05, 0) is 43.2 Å². The van der Waals surface area contributed by atoms with Crippen molar-refractivity contribution in [1.29, 1.82) is 0 Å². The second-order valence-corrected chi connectivity index (χ2v) is 7.28. The Labute approximate surface area is 158 Å². The summed E-state index contributed by atoms with van der Waals surface area (Å²) in [4.78, 5) is 30.8. The fourth-order valence-electron chi connectivity index (χ4n) is 3.68. The molecule has 3 aromatic rings. The Morgan fingerprint density at radius 1 is 1.19 bits per heavy atom. The lowest BCUT2D eigenvalue weighted by Crippen LogP contribution is -2.39. The summed E-state index contributed by atoms with van der Waals surface area (Å²) < 4.78 is 0. The van der Waals surface area contributed by atoms with E-state index in [4.69, 9.17) is 0 Å². The first kappa shape index (κ1) is 17.5. The Morgan fingerprint density at radius 2 is 2.00 bits per heavy atom. The number of anilines is 1. The third-order valence-corrected chi connectivity index (χ3v) is 5.19. The van der Waals surface area contributed by atoms with E-state index in [2.05, 4.69) is 10.3 Å². The summed E-state index contributed by atoms with van der Waals surface area (Å²) in [5, 5.41) is 3.71. The molecule has 4 rings (SSSR count). The van der Waals surface area contributed by atoms with E-state index in [9.17, 15) is 9.59 Å². The standard InChI is InChI=1S/C22H23N3O2/c1-14-7-8-15(2)20(11-14)24-21(26)13-25-10-9-19-17(12-25)22(27)16-5-3-4-6-18(16)23-19/h3-8,11H,9-10,12-13H2,1-2H3,(H,23,27)(H,24,26). The maximum atomic E-state index is 12.8. The average molecular weight is 361 g/mol. The van der Waals surface area contributed by atoms with Crippen molar-refractivity contribution in [3.05, 3.63) is 75.1 Å². The van der Waals surface area contributed by atoms with Gasteiger partial charge < -0.3 is 10.3 Å². The highest BCUT2D eigenvalue weighted by molar-refractivity contribution is 5.93. The van der Waals surface area contributed by atoms with Gasteiger partial charge in [0.1, 0.15) is 0 Å². The molecule has 0 fully saturated rings. The molecule has 0 saturated heterocycles. The van der Waals surface area contributed by atoms with Gasteiger partial charge in [0.05, 0.1) is 6.54 Å². The van der Waals surface area contributed by atoms with Gasteiger partial charge in [-0.2, -0.15) is 0 Å². The summed E-state index contributed by atoms with van der Waals surface area (Å²) in [5.41, 5.74) is 5.72. The minimum Gasteiger partial charge on any atom is -0.358 e. The SMILES string of the molecule is Cc1ccc(C)c(NC(=O)CN2CCc3[nH]c4ccccc4c(=O)c3C2)c1. The van der Waals surface area contributed by atoms with E-state index in [0.717, 1.165) is 46.6 Å². The van der Waals surface area contributed by atoms with E-state index < -0.39 is 0 Å². The molecule has 1 aliphatic heterocycles. The van der Waals surface area contributed by atoms with Gasteiger partial charge in [-0.25, -0.2) is 0 Å². The topological polar surface area (TPSA) is 65.2 Å². The zero-order valence-electron chi connectivity index (χ0n) is 15.6. The highest BCUT2D eigenvalue weighted by atomic mass is 16.2. The number of nitrogens with one attached hydrogen (secondary N) is 2. The Hall–Kier alpha value is -2.92. The van der Waals surface area contributed by atoms with E-state index in [0.29, 0.717) is 11.9 Å². The molecule has 27 heavy (non-hydrogen) atoms. The highest BCUT2D eigenvalue weighted by Crippen LogP contribution is 2.19. The van der Waals surface area contributed by atoms with Crippen molar-refractivity contribution in [3.8, 4) is 0 Å². The number of carbonyl (C=O) groups excluding carboxylic acids is 1. The van der Waals surface area contributed by atoms with E-state index in [1.807, 2.05) is 61.2 Å². The van der Waals surface area contributed by atoms with Gasteiger partial charge in [0.15, 0.2) is 5.43 Å². The van der Waals surface area contributed by atoms with Crippen molar-refractivity contribution in [2.45, 2.75) is 26.8 Å². The van der Waals surface area contributed by atoms with Crippen LogP contribution in [-0.2, 0) is 17.8 Å². The minimum atomic E-state index is -0.0515. The lowest BCUT2D eigenvalue weighted by molar-refractivity contribution is -0.117. The first-order valence-electron chi connectivity index (χ1n) is 9.23. The zero-order chi connectivity index (χ0) is 19.0. The van der Waals surface area contributed by atoms with Crippen LogP contribution in [0.2, 0.25) is 0 Å². The Morgan fingerprint density at radius 3 is 2.85 bits per heavy atom. The molecule has 2 aromatic carbocycles. The van der Waals surface area contributed by atoms with Crippen molar-refractivity contribution >= 4 is 22.5 Å². The molecule has 0 spiro atoms. The lowest BCUT2D eigenvalue weighted by atomic mass is 10.0. The number of pyridine rings is 1. The third-order valence-electron chi connectivity index (χ3n) is 5.19. The number of para-hydroxylation sites is 1. The first-order chi connectivity index (χ1) is 13.0. The predicted octanol–water partition coefficient (Wildman–Crippen LogP) is 3.14. The minimum absolute atomic E-state index is 0.0515. The lowest BCUT2D eigenvalue weighted by Gasteiger charge is -2.28. The predicted molar refractivity (Wildman–Crippen MR) is 108 cm³/mol. The molecule has 0 aliphatic carbocycles. The molecule has 0 saturated carbocycles. The monoisotopic (exact) mass is 361 g/mol. The third kappa shape index (κ3) is 3.51. The molecule has 0 radical (unpaired) electrons. The molecule has 1 aliphatic rings. The molecule has 5 nitrogen and oxygen atoms in total. The number of H-pyrrole nitrogens is 1. The molecule has 0 bridgehead atoms. The first-order valence-corrected chi connectivity index (χ1v) is 9.23. The van der Waals surface area contributed by atoms with Gasteiger partial charge in [-0.15, -0.1) is 0 Å². The van der Waals surface area contributed by atoms with E-state index in [-0.39, 0.29) is 17.9 Å². The number of aromatic nitrogens is 1. The number of nitrogens with zero attached hydrogens (tertiary/aromatic N) is 1.